The highest BCUT2D eigenvalue weighted by Crippen LogP contribution is 2.16. The summed E-state index contributed by atoms with van der Waals surface area (Å²) in [4.78, 5) is 23.0. The summed E-state index contributed by atoms with van der Waals surface area (Å²) in [6.07, 6.45) is 2.44. The summed E-state index contributed by atoms with van der Waals surface area (Å²) in [7, 11) is 0. The maximum Gasteiger partial charge on any atom is 0.328 e. The number of carbonyl (C=O) groups is 2. The van der Waals surface area contributed by atoms with Gasteiger partial charge in [-0.15, -0.1) is 11.3 Å². The summed E-state index contributed by atoms with van der Waals surface area (Å²) in [6, 6.07) is 7.60. The number of hydrogen-bond donors (Lipinski definition) is 2. The summed E-state index contributed by atoms with van der Waals surface area (Å²) in [5, 5.41) is 12.9. The Morgan fingerprint density at radius 2 is 2.14 bits per heavy atom. The van der Waals surface area contributed by atoms with Gasteiger partial charge in [-0.3, -0.25) is 4.79 Å². The van der Waals surface area contributed by atoms with E-state index in [0.717, 1.165) is 6.08 Å². The third-order valence-electron chi connectivity index (χ3n) is 2.61. The second-order valence-electron chi connectivity index (χ2n) is 4.22. The van der Waals surface area contributed by atoms with Gasteiger partial charge in [0.15, 0.2) is 0 Å². The van der Waals surface area contributed by atoms with Crippen molar-refractivity contribution in [2.75, 3.05) is 0 Å². The first-order valence-electron chi connectivity index (χ1n) is 6.07. The molecule has 0 aliphatic rings. The molecule has 0 radical (unpaired) electrons. The van der Waals surface area contributed by atoms with Crippen molar-refractivity contribution in [1.82, 2.24) is 5.32 Å². The molecule has 1 aromatic carbocycles. The number of nitrogens with one attached hydrogen (secondary N) is 1. The Labute approximate surface area is 124 Å². The number of amides is 1. The molecule has 0 unspecified atom stereocenters. The summed E-state index contributed by atoms with van der Waals surface area (Å²) >= 11 is 1.27. The average molecular weight is 305 g/mol. The first-order valence-corrected chi connectivity index (χ1v) is 6.95. The molecular formula is C15H12FNO3S. The molecule has 0 spiro atoms. The van der Waals surface area contributed by atoms with Crippen LogP contribution in [0.1, 0.15) is 20.8 Å². The standard InChI is InChI=1S/C15H12FNO3S/c16-12-3-1-2-10(6-12)8-17-15(20)11-7-13(21-9-11)4-5-14(18)19/h1-7,9H,8H2,(H,17,20)(H,18,19). The highest BCUT2D eigenvalue weighted by Gasteiger charge is 2.08. The largest absolute Gasteiger partial charge is 0.478 e. The van der Waals surface area contributed by atoms with Crippen LogP contribution >= 0.6 is 11.3 Å². The summed E-state index contributed by atoms with van der Waals surface area (Å²) in [6.45, 7) is 0.229. The molecular weight excluding hydrogens is 293 g/mol. The Morgan fingerprint density at radius 3 is 2.86 bits per heavy atom. The van der Waals surface area contributed by atoms with Gasteiger partial charge in [-0.05, 0) is 29.8 Å². The summed E-state index contributed by atoms with van der Waals surface area (Å²) in [5.74, 6) is -1.68. The van der Waals surface area contributed by atoms with E-state index in [-0.39, 0.29) is 18.3 Å². The van der Waals surface area contributed by atoms with Gasteiger partial charge in [-0.2, -0.15) is 0 Å². The van der Waals surface area contributed by atoms with E-state index in [2.05, 4.69) is 5.32 Å². The lowest BCUT2D eigenvalue weighted by molar-refractivity contribution is -0.131. The quantitative estimate of drug-likeness (QED) is 0.835. The first kappa shape index (κ1) is 14.9. The van der Waals surface area contributed by atoms with Gasteiger partial charge in [0.1, 0.15) is 5.82 Å². The highest BCUT2D eigenvalue weighted by atomic mass is 32.1. The average Bonchev–Trinajstić information content (AvgIpc) is 2.91. The molecule has 1 amide bonds. The van der Waals surface area contributed by atoms with E-state index < -0.39 is 5.97 Å². The third-order valence-corrected chi connectivity index (χ3v) is 3.51. The SMILES string of the molecule is O=C(O)C=Cc1cc(C(=O)NCc2cccc(F)c2)cs1. The number of rotatable bonds is 5. The van der Waals surface area contributed by atoms with Crippen LogP contribution in [0.2, 0.25) is 0 Å². The molecule has 1 aromatic heterocycles. The number of carboxylic acid groups (broad SMARTS) is 1. The highest BCUT2D eigenvalue weighted by molar-refractivity contribution is 7.11. The zero-order chi connectivity index (χ0) is 15.2. The number of carbonyl (C=O) groups excluding carboxylic acids is 1. The van der Waals surface area contributed by atoms with Crippen LogP contribution in [0.15, 0.2) is 41.8 Å². The van der Waals surface area contributed by atoms with Gasteiger partial charge in [-0.25, -0.2) is 9.18 Å². The number of aliphatic carboxylic acids is 1. The van der Waals surface area contributed by atoms with Crippen LogP contribution in [-0.2, 0) is 11.3 Å². The second kappa shape index (κ2) is 6.81. The molecule has 0 saturated carbocycles. The summed E-state index contributed by atoms with van der Waals surface area (Å²) in [5.41, 5.74) is 1.12. The zero-order valence-corrected chi connectivity index (χ0v) is 11.7. The van der Waals surface area contributed by atoms with Crippen molar-refractivity contribution in [2.24, 2.45) is 0 Å². The predicted octanol–water partition coefficient (Wildman–Crippen LogP) is 2.92. The number of hydrogen-bond acceptors (Lipinski definition) is 3. The van der Waals surface area contributed by atoms with Crippen LogP contribution in [0.25, 0.3) is 6.08 Å². The molecule has 4 nitrogen and oxygen atoms in total. The Hall–Kier alpha value is -2.47. The maximum absolute atomic E-state index is 13.0. The van der Waals surface area contributed by atoms with Gasteiger partial charge in [0.05, 0.1) is 5.56 Å². The molecule has 0 saturated heterocycles. The molecule has 2 rings (SSSR count). The Bertz CT molecular complexity index is 694. The summed E-state index contributed by atoms with van der Waals surface area (Å²) < 4.78 is 13.0. The molecule has 1 heterocycles. The molecule has 0 bridgehead atoms. The van der Waals surface area contributed by atoms with E-state index in [4.69, 9.17) is 5.11 Å². The topological polar surface area (TPSA) is 66.4 Å². The van der Waals surface area contributed by atoms with Crippen LogP contribution in [0.4, 0.5) is 4.39 Å². The van der Waals surface area contributed by atoms with Gasteiger partial charge >= 0.3 is 5.97 Å². The van der Waals surface area contributed by atoms with Crippen molar-refractivity contribution in [3.63, 3.8) is 0 Å². The Kier molecular flexibility index (Phi) is 4.84. The van der Waals surface area contributed by atoms with Crippen molar-refractivity contribution >= 4 is 29.3 Å². The minimum absolute atomic E-state index is 0.229. The lowest BCUT2D eigenvalue weighted by Crippen LogP contribution is -2.22. The molecule has 108 valence electrons. The predicted molar refractivity (Wildman–Crippen MR) is 78.6 cm³/mol. The van der Waals surface area contributed by atoms with Crippen molar-refractivity contribution in [1.29, 1.82) is 0 Å². The molecule has 0 atom stereocenters. The lowest BCUT2D eigenvalue weighted by Gasteiger charge is -2.03. The zero-order valence-electron chi connectivity index (χ0n) is 10.9. The van der Waals surface area contributed by atoms with Crippen LogP contribution < -0.4 is 5.32 Å². The smallest absolute Gasteiger partial charge is 0.328 e. The molecule has 21 heavy (non-hydrogen) atoms. The fourth-order valence-electron chi connectivity index (χ4n) is 1.64. The van der Waals surface area contributed by atoms with E-state index in [9.17, 15) is 14.0 Å². The number of thiophene rings is 1. The van der Waals surface area contributed by atoms with Gasteiger partial charge in [-0.1, -0.05) is 12.1 Å². The van der Waals surface area contributed by atoms with Crippen LogP contribution in [0, 0.1) is 5.82 Å². The van der Waals surface area contributed by atoms with E-state index in [1.54, 1.807) is 23.6 Å². The van der Waals surface area contributed by atoms with E-state index >= 15 is 0 Å². The number of carboxylic acids is 1. The molecule has 6 heteroatoms. The van der Waals surface area contributed by atoms with Crippen LogP contribution in [0.5, 0.6) is 0 Å². The van der Waals surface area contributed by atoms with Gasteiger partial charge < -0.3 is 10.4 Å². The molecule has 0 aliphatic carbocycles. The van der Waals surface area contributed by atoms with E-state index in [1.165, 1.54) is 29.5 Å². The van der Waals surface area contributed by atoms with E-state index in [0.29, 0.717) is 16.0 Å². The van der Waals surface area contributed by atoms with E-state index in [1.807, 2.05) is 0 Å². The van der Waals surface area contributed by atoms with Crippen LogP contribution in [-0.4, -0.2) is 17.0 Å². The Morgan fingerprint density at radius 1 is 1.33 bits per heavy atom. The first-order chi connectivity index (χ1) is 10.0. The van der Waals surface area contributed by atoms with Gasteiger partial charge in [0.25, 0.3) is 5.91 Å². The van der Waals surface area contributed by atoms with Crippen LogP contribution in [0.3, 0.4) is 0 Å². The van der Waals surface area contributed by atoms with Gasteiger partial charge in [0, 0.05) is 22.9 Å². The lowest BCUT2D eigenvalue weighted by atomic mass is 10.2. The fraction of sp³-hybridized carbons (Fsp3) is 0.0667. The number of halogens is 1. The molecule has 2 aromatic rings. The van der Waals surface area contributed by atoms with Gasteiger partial charge in [0.2, 0.25) is 0 Å². The molecule has 2 N–H and O–H groups in total. The minimum atomic E-state index is -1.04. The monoisotopic (exact) mass is 305 g/mol. The number of benzene rings is 1. The Balaban J connectivity index is 1.96. The van der Waals surface area contributed by atoms with Crippen molar-refractivity contribution in [2.45, 2.75) is 6.54 Å². The van der Waals surface area contributed by atoms with Crippen molar-refractivity contribution in [3.8, 4) is 0 Å². The normalized spacial score (nSPS) is 10.7. The second-order valence-corrected chi connectivity index (χ2v) is 5.16. The third kappa shape index (κ3) is 4.54. The van der Waals surface area contributed by atoms with Crippen molar-refractivity contribution < 1.29 is 19.1 Å². The van der Waals surface area contributed by atoms with Crippen molar-refractivity contribution in [3.05, 3.63) is 63.6 Å². The molecule has 0 aliphatic heterocycles. The molecule has 0 fully saturated rings. The minimum Gasteiger partial charge on any atom is -0.478 e. The maximum atomic E-state index is 13.0. The fourth-order valence-corrected chi connectivity index (χ4v) is 2.42.